The summed E-state index contributed by atoms with van der Waals surface area (Å²) in [7, 11) is 1.82. The molecule has 3 aromatic carbocycles. The van der Waals surface area contributed by atoms with E-state index in [1.807, 2.05) is 73.8 Å². The lowest BCUT2D eigenvalue weighted by Crippen LogP contribution is -2.52. The fourth-order valence-electron chi connectivity index (χ4n) is 4.48. The van der Waals surface area contributed by atoms with Gasteiger partial charge >= 0.3 is 0 Å². The highest BCUT2D eigenvalue weighted by Crippen LogP contribution is 2.50. The summed E-state index contributed by atoms with van der Waals surface area (Å²) in [5.74, 6) is 0.768. The fraction of sp³-hybridized carbons (Fsp3) is 0.0909. The first-order valence-electron chi connectivity index (χ1n) is 9.05. The molecule has 4 aromatic rings. The minimum Gasteiger partial charge on any atom is -0.350 e. The molecular formula is C22H15BrN4O. The highest BCUT2D eigenvalue weighted by atomic mass is 79.9. The third-order valence-electron chi connectivity index (χ3n) is 5.70. The zero-order valence-corrected chi connectivity index (χ0v) is 16.6. The number of halogens is 1. The molecule has 0 aliphatic carbocycles. The number of amides is 1. The number of carbonyl (C=O) groups is 1. The number of benzene rings is 3. The van der Waals surface area contributed by atoms with Gasteiger partial charge in [-0.1, -0.05) is 40.2 Å². The number of nitrogens with zero attached hydrogens (tertiary/aromatic N) is 3. The molecule has 28 heavy (non-hydrogen) atoms. The van der Waals surface area contributed by atoms with Crippen LogP contribution in [0.4, 0.5) is 11.4 Å². The Morgan fingerprint density at radius 1 is 1.04 bits per heavy atom. The minimum absolute atomic E-state index is 0.0282. The SMILES string of the molecule is CN1C(=O)[C@@]2(Nc3ccccc3-c3nc4ccccc4n32)c2cc(Br)ccc21. The zero-order valence-electron chi connectivity index (χ0n) is 15.0. The summed E-state index contributed by atoms with van der Waals surface area (Å²) in [5, 5.41) is 3.58. The van der Waals surface area contributed by atoms with Crippen molar-refractivity contribution in [3.05, 3.63) is 76.8 Å². The largest absolute Gasteiger partial charge is 0.350 e. The molecule has 6 heteroatoms. The second-order valence-electron chi connectivity index (χ2n) is 7.17. The average molecular weight is 431 g/mol. The summed E-state index contributed by atoms with van der Waals surface area (Å²) in [5.41, 5.74) is 4.41. The van der Waals surface area contributed by atoms with Crippen LogP contribution in [0.5, 0.6) is 0 Å². The van der Waals surface area contributed by atoms with Crippen molar-refractivity contribution in [3.8, 4) is 11.4 Å². The van der Waals surface area contributed by atoms with E-state index in [1.54, 1.807) is 4.90 Å². The third kappa shape index (κ3) is 1.76. The van der Waals surface area contributed by atoms with Crippen molar-refractivity contribution in [1.82, 2.24) is 9.55 Å². The van der Waals surface area contributed by atoms with Crippen molar-refractivity contribution in [2.45, 2.75) is 5.66 Å². The quantitative estimate of drug-likeness (QED) is 0.444. The minimum atomic E-state index is -1.08. The molecule has 0 saturated heterocycles. The maximum Gasteiger partial charge on any atom is 0.278 e. The summed E-state index contributed by atoms with van der Waals surface area (Å²) >= 11 is 3.58. The molecule has 0 fully saturated rings. The molecule has 0 unspecified atom stereocenters. The van der Waals surface area contributed by atoms with Crippen LogP contribution in [0.25, 0.3) is 22.4 Å². The van der Waals surface area contributed by atoms with Crippen LogP contribution in [0.2, 0.25) is 0 Å². The molecule has 1 aromatic heterocycles. The van der Waals surface area contributed by atoms with Crippen molar-refractivity contribution in [2.24, 2.45) is 0 Å². The number of para-hydroxylation sites is 3. The number of hydrogen-bond donors (Lipinski definition) is 1. The molecule has 2 aliphatic heterocycles. The van der Waals surface area contributed by atoms with Crippen molar-refractivity contribution in [3.63, 3.8) is 0 Å². The molecule has 5 nitrogen and oxygen atoms in total. The monoisotopic (exact) mass is 430 g/mol. The molecule has 0 saturated carbocycles. The van der Waals surface area contributed by atoms with Gasteiger partial charge in [0.15, 0.2) is 0 Å². The van der Waals surface area contributed by atoms with Gasteiger partial charge in [-0.15, -0.1) is 0 Å². The number of anilines is 2. The summed E-state index contributed by atoms with van der Waals surface area (Å²) in [6.07, 6.45) is 0. The van der Waals surface area contributed by atoms with Crippen LogP contribution in [0.1, 0.15) is 5.56 Å². The van der Waals surface area contributed by atoms with Crippen LogP contribution in [-0.2, 0) is 10.5 Å². The fourth-order valence-corrected chi connectivity index (χ4v) is 4.84. The van der Waals surface area contributed by atoms with E-state index in [4.69, 9.17) is 4.98 Å². The number of nitrogens with one attached hydrogen (secondary N) is 1. The van der Waals surface area contributed by atoms with Gasteiger partial charge in [0.05, 0.1) is 16.7 Å². The molecule has 136 valence electrons. The highest BCUT2D eigenvalue weighted by molar-refractivity contribution is 9.10. The Morgan fingerprint density at radius 2 is 1.82 bits per heavy atom. The maximum absolute atomic E-state index is 13.8. The lowest BCUT2D eigenvalue weighted by molar-refractivity contribution is -0.122. The molecule has 6 rings (SSSR count). The zero-order chi connectivity index (χ0) is 19.0. The van der Waals surface area contributed by atoms with Crippen molar-refractivity contribution < 1.29 is 4.79 Å². The van der Waals surface area contributed by atoms with E-state index in [9.17, 15) is 4.79 Å². The van der Waals surface area contributed by atoms with E-state index in [0.717, 1.165) is 43.8 Å². The van der Waals surface area contributed by atoms with E-state index >= 15 is 0 Å². The van der Waals surface area contributed by atoms with Crippen LogP contribution in [-0.4, -0.2) is 22.5 Å². The lowest BCUT2D eigenvalue weighted by atomic mass is 9.95. The molecule has 1 N–H and O–H groups in total. The first-order chi connectivity index (χ1) is 13.6. The van der Waals surface area contributed by atoms with Gasteiger partial charge < -0.3 is 10.2 Å². The molecule has 1 amide bonds. The molecule has 0 bridgehead atoms. The Morgan fingerprint density at radius 3 is 2.71 bits per heavy atom. The van der Waals surface area contributed by atoms with Gasteiger partial charge in [-0.3, -0.25) is 9.36 Å². The summed E-state index contributed by atoms with van der Waals surface area (Å²) in [6, 6.07) is 21.9. The number of rotatable bonds is 0. The standard InChI is InChI=1S/C22H15BrN4O/c1-26-18-11-10-13(23)12-15(18)22(21(26)28)25-16-7-3-2-6-14(16)20-24-17-8-4-5-9-19(17)27(20)22/h2-12,25H,1H3/t22-/m1/s1. The van der Waals surface area contributed by atoms with Crippen LogP contribution in [0, 0.1) is 0 Å². The Hall–Kier alpha value is -3.12. The topological polar surface area (TPSA) is 50.2 Å². The molecule has 3 heterocycles. The van der Waals surface area contributed by atoms with Crippen LogP contribution >= 0.6 is 15.9 Å². The van der Waals surface area contributed by atoms with Gasteiger partial charge in [-0.25, -0.2) is 4.98 Å². The molecule has 1 atom stereocenters. The number of likely N-dealkylation sites (N-methyl/N-ethyl adjacent to an activating group) is 1. The third-order valence-corrected chi connectivity index (χ3v) is 6.20. The van der Waals surface area contributed by atoms with E-state index in [0.29, 0.717) is 0 Å². The van der Waals surface area contributed by atoms with Gasteiger partial charge in [0.2, 0.25) is 5.66 Å². The number of hydrogen-bond acceptors (Lipinski definition) is 3. The maximum atomic E-state index is 13.8. The number of aromatic nitrogens is 2. The summed E-state index contributed by atoms with van der Waals surface area (Å²) in [6.45, 7) is 0. The first-order valence-corrected chi connectivity index (χ1v) is 9.84. The van der Waals surface area contributed by atoms with Gasteiger partial charge in [0.25, 0.3) is 5.91 Å². The van der Waals surface area contributed by atoms with E-state index in [-0.39, 0.29) is 5.91 Å². The van der Waals surface area contributed by atoms with Gasteiger partial charge in [-0.2, -0.15) is 0 Å². The molecule has 1 spiro atoms. The van der Waals surface area contributed by atoms with E-state index < -0.39 is 5.66 Å². The van der Waals surface area contributed by atoms with E-state index in [2.05, 4.69) is 25.8 Å². The second-order valence-corrected chi connectivity index (χ2v) is 8.08. The van der Waals surface area contributed by atoms with Crippen LogP contribution in [0.3, 0.4) is 0 Å². The number of fused-ring (bicyclic) bond motifs is 8. The molecule has 0 radical (unpaired) electrons. The molecular weight excluding hydrogens is 416 g/mol. The smallest absolute Gasteiger partial charge is 0.278 e. The van der Waals surface area contributed by atoms with E-state index in [1.165, 1.54) is 0 Å². The van der Waals surface area contributed by atoms with Gasteiger partial charge in [-0.05, 0) is 42.5 Å². The molecule has 2 aliphatic rings. The Labute approximate surface area is 169 Å². The summed E-state index contributed by atoms with van der Waals surface area (Å²) in [4.78, 5) is 20.4. The van der Waals surface area contributed by atoms with Crippen molar-refractivity contribution in [2.75, 3.05) is 17.3 Å². The lowest BCUT2D eigenvalue weighted by Gasteiger charge is -2.38. The van der Waals surface area contributed by atoms with Crippen molar-refractivity contribution >= 4 is 44.2 Å². The summed E-state index contributed by atoms with van der Waals surface area (Å²) < 4.78 is 2.99. The van der Waals surface area contributed by atoms with Gasteiger partial charge in [0.1, 0.15) is 5.82 Å². The normalized spacial score (nSPS) is 19.5. The highest BCUT2D eigenvalue weighted by Gasteiger charge is 2.55. The van der Waals surface area contributed by atoms with Crippen LogP contribution in [0.15, 0.2) is 71.2 Å². The predicted molar refractivity (Wildman–Crippen MR) is 113 cm³/mol. The Kier molecular flexibility index (Phi) is 2.97. The van der Waals surface area contributed by atoms with Crippen LogP contribution < -0.4 is 10.2 Å². The Bertz CT molecular complexity index is 1310. The van der Waals surface area contributed by atoms with Crippen molar-refractivity contribution in [1.29, 1.82) is 0 Å². The average Bonchev–Trinajstić information content (AvgIpc) is 3.20. The van der Waals surface area contributed by atoms with Gasteiger partial charge in [0, 0.05) is 28.3 Å². The predicted octanol–water partition coefficient (Wildman–Crippen LogP) is 4.57. The first kappa shape index (κ1) is 15.9. The Balaban J connectivity index is 1.81. The second kappa shape index (κ2) is 5.23. The number of carbonyl (C=O) groups excluding carboxylic acids is 1. The number of imidazole rings is 1.